The molecule has 0 radical (unpaired) electrons. The Bertz CT molecular complexity index is 1020. The van der Waals surface area contributed by atoms with Gasteiger partial charge in [-0.15, -0.1) is 11.3 Å². The van der Waals surface area contributed by atoms with E-state index in [-0.39, 0.29) is 23.8 Å². The molecule has 2 aromatic carbocycles. The lowest BCUT2D eigenvalue weighted by Crippen LogP contribution is -2.29. The number of carbonyl (C=O) groups is 2. The van der Waals surface area contributed by atoms with E-state index < -0.39 is 0 Å². The Morgan fingerprint density at radius 2 is 1.86 bits per heavy atom. The van der Waals surface area contributed by atoms with Crippen LogP contribution in [0, 0.1) is 11.8 Å². The number of nitrogens with one attached hydrogen (secondary N) is 2. The maximum atomic E-state index is 13.0. The summed E-state index contributed by atoms with van der Waals surface area (Å²) in [7, 11) is 0. The van der Waals surface area contributed by atoms with Crippen molar-refractivity contribution in [2.75, 3.05) is 5.32 Å². The predicted molar refractivity (Wildman–Crippen MR) is 117 cm³/mol. The molecule has 1 saturated carbocycles. The van der Waals surface area contributed by atoms with Crippen molar-refractivity contribution >= 4 is 40.4 Å². The molecular formula is C23H21ClN2O2S. The van der Waals surface area contributed by atoms with Gasteiger partial charge in [-0.1, -0.05) is 42.8 Å². The number of halogens is 1. The lowest BCUT2D eigenvalue weighted by Gasteiger charge is -2.18. The van der Waals surface area contributed by atoms with Crippen LogP contribution in [0.4, 0.5) is 5.69 Å². The van der Waals surface area contributed by atoms with Crippen LogP contribution in [0.15, 0.2) is 66.0 Å². The molecule has 29 heavy (non-hydrogen) atoms. The third kappa shape index (κ3) is 4.69. The van der Waals surface area contributed by atoms with Crippen molar-refractivity contribution in [3.8, 4) is 0 Å². The van der Waals surface area contributed by atoms with E-state index in [4.69, 9.17) is 11.6 Å². The van der Waals surface area contributed by atoms with Crippen LogP contribution in [0.3, 0.4) is 0 Å². The summed E-state index contributed by atoms with van der Waals surface area (Å²) < 4.78 is 0. The van der Waals surface area contributed by atoms with Gasteiger partial charge in [0.1, 0.15) is 0 Å². The molecular weight excluding hydrogens is 404 g/mol. The van der Waals surface area contributed by atoms with Crippen molar-refractivity contribution < 1.29 is 9.59 Å². The molecule has 3 atom stereocenters. The second-order valence-corrected chi connectivity index (χ2v) is 8.78. The first-order chi connectivity index (χ1) is 14.0. The van der Waals surface area contributed by atoms with Crippen LogP contribution in [0.1, 0.15) is 40.2 Å². The summed E-state index contributed by atoms with van der Waals surface area (Å²) in [5.41, 5.74) is 2.10. The van der Waals surface area contributed by atoms with Gasteiger partial charge in [-0.25, -0.2) is 0 Å². The highest BCUT2D eigenvalue weighted by Crippen LogP contribution is 2.38. The Balaban J connectivity index is 1.52. The summed E-state index contributed by atoms with van der Waals surface area (Å²) in [6.45, 7) is 2.07. The standard InChI is InChI=1S/C23H21ClN2O2S/c1-14-12-19(14)23(28)25-18-5-2-4-16(13-18)22(27)26-21(20-6-3-11-29-20)15-7-9-17(24)10-8-15/h2-11,13-14,19,21H,12H2,1H3,(H,25,28)(H,26,27). The van der Waals surface area contributed by atoms with Crippen molar-refractivity contribution in [1.29, 1.82) is 0 Å². The van der Waals surface area contributed by atoms with Crippen molar-refractivity contribution in [1.82, 2.24) is 5.32 Å². The minimum absolute atomic E-state index is 0.0210. The second kappa shape index (κ2) is 8.39. The minimum Gasteiger partial charge on any atom is -0.340 e. The molecule has 0 bridgehead atoms. The Morgan fingerprint density at radius 1 is 1.10 bits per heavy atom. The van der Waals surface area contributed by atoms with Crippen molar-refractivity contribution in [2.24, 2.45) is 11.8 Å². The topological polar surface area (TPSA) is 58.2 Å². The molecule has 1 aliphatic carbocycles. The van der Waals surface area contributed by atoms with E-state index in [1.54, 1.807) is 35.6 Å². The molecule has 0 aliphatic heterocycles. The Kier molecular flexibility index (Phi) is 5.69. The third-order valence-electron chi connectivity index (χ3n) is 5.15. The zero-order valence-corrected chi connectivity index (χ0v) is 17.5. The zero-order valence-electron chi connectivity index (χ0n) is 15.9. The summed E-state index contributed by atoms with van der Waals surface area (Å²) in [6.07, 6.45) is 0.926. The largest absolute Gasteiger partial charge is 0.340 e. The lowest BCUT2D eigenvalue weighted by molar-refractivity contribution is -0.117. The van der Waals surface area contributed by atoms with E-state index in [1.807, 2.05) is 41.8 Å². The number of hydrogen-bond acceptors (Lipinski definition) is 3. The molecule has 3 aromatic rings. The normalized spacial score (nSPS) is 18.7. The summed E-state index contributed by atoms with van der Waals surface area (Å²) >= 11 is 7.60. The molecule has 1 heterocycles. The summed E-state index contributed by atoms with van der Waals surface area (Å²) in [6, 6.07) is 18.2. The van der Waals surface area contributed by atoms with Crippen LogP contribution < -0.4 is 10.6 Å². The first-order valence-corrected chi connectivity index (χ1v) is 10.8. The molecule has 0 saturated heterocycles. The Hall–Kier alpha value is -2.63. The second-order valence-electron chi connectivity index (χ2n) is 7.36. The third-order valence-corrected chi connectivity index (χ3v) is 6.33. The van der Waals surface area contributed by atoms with Crippen molar-refractivity contribution in [2.45, 2.75) is 19.4 Å². The summed E-state index contributed by atoms with van der Waals surface area (Å²) in [5, 5.41) is 8.66. The number of amides is 2. The van der Waals surface area contributed by atoms with Crippen LogP contribution in [-0.4, -0.2) is 11.8 Å². The molecule has 1 aliphatic rings. The summed E-state index contributed by atoms with van der Waals surface area (Å²) in [5.74, 6) is 0.343. The minimum atomic E-state index is -0.273. The monoisotopic (exact) mass is 424 g/mol. The average molecular weight is 425 g/mol. The molecule has 0 spiro atoms. The Labute approximate surface area is 178 Å². The molecule has 2 N–H and O–H groups in total. The molecule has 148 valence electrons. The number of rotatable bonds is 6. The van der Waals surface area contributed by atoms with Crippen LogP contribution in [0.2, 0.25) is 5.02 Å². The summed E-state index contributed by atoms with van der Waals surface area (Å²) in [4.78, 5) is 26.2. The first kappa shape index (κ1) is 19.7. The number of hydrogen-bond donors (Lipinski definition) is 2. The SMILES string of the molecule is CC1CC1C(=O)Nc1cccc(C(=O)NC(c2ccc(Cl)cc2)c2cccs2)c1. The highest BCUT2D eigenvalue weighted by molar-refractivity contribution is 7.10. The molecule has 4 nitrogen and oxygen atoms in total. The maximum absolute atomic E-state index is 13.0. The van der Waals surface area contributed by atoms with Crippen LogP contribution >= 0.6 is 22.9 Å². The van der Waals surface area contributed by atoms with Crippen LogP contribution in [0.5, 0.6) is 0 Å². The number of anilines is 1. The van der Waals surface area contributed by atoms with Crippen molar-refractivity contribution in [3.63, 3.8) is 0 Å². The molecule has 2 amide bonds. The number of benzene rings is 2. The van der Waals surface area contributed by atoms with E-state index in [0.717, 1.165) is 16.9 Å². The van der Waals surface area contributed by atoms with E-state index in [1.165, 1.54) is 0 Å². The van der Waals surface area contributed by atoms with E-state index in [0.29, 0.717) is 22.2 Å². The van der Waals surface area contributed by atoms with Gasteiger partial charge < -0.3 is 10.6 Å². The van der Waals surface area contributed by atoms with E-state index in [9.17, 15) is 9.59 Å². The van der Waals surface area contributed by atoms with Gasteiger partial charge in [0.25, 0.3) is 5.91 Å². The van der Waals surface area contributed by atoms with Gasteiger partial charge in [0.05, 0.1) is 6.04 Å². The highest BCUT2D eigenvalue weighted by Gasteiger charge is 2.39. The fraction of sp³-hybridized carbons (Fsp3) is 0.217. The quantitative estimate of drug-likeness (QED) is 0.547. The zero-order chi connectivity index (χ0) is 20.4. The van der Waals surface area contributed by atoms with E-state index in [2.05, 4.69) is 17.6 Å². The van der Waals surface area contributed by atoms with Crippen LogP contribution in [0.25, 0.3) is 0 Å². The lowest BCUT2D eigenvalue weighted by atomic mass is 10.0. The van der Waals surface area contributed by atoms with Crippen LogP contribution in [-0.2, 0) is 4.79 Å². The van der Waals surface area contributed by atoms with Gasteiger partial charge in [0, 0.05) is 27.1 Å². The van der Waals surface area contributed by atoms with Gasteiger partial charge in [0.15, 0.2) is 0 Å². The van der Waals surface area contributed by atoms with Gasteiger partial charge in [0.2, 0.25) is 5.91 Å². The average Bonchev–Trinajstić information content (AvgIpc) is 3.22. The molecule has 1 fully saturated rings. The van der Waals surface area contributed by atoms with Gasteiger partial charge in [-0.3, -0.25) is 9.59 Å². The molecule has 4 rings (SSSR count). The van der Waals surface area contributed by atoms with Gasteiger partial charge in [-0.05, 0) is 59.7 Å². The fourth-order valence-electron chi connectivity index (χ4n) is 3.30. The molecule has 6 heteroatoms. The first-order valence-electron chi connectivity index (χ1n) is 9.52. The van der Waals surface area contributed by atoms with E-state index >= 15 is 0 Å². The highest BCUT2D eigenvalue weighted by atomic mass is 35.5. The molecule has 3 unspecified atom stereocenters. The number of thiophene rings is 1. The smallest absolute Gasteiger partial charge is 0.252 e. The number of carbonyl (C=O) groups excluding carboxylic acids is 2. The van der Waals surface area contributed by atoms with Crippen molar-refractivity contribution in [3.05, 3.63) is 87.1 Å². The molecule has 1 aromatic heterocycles. The Morgan fingerprint density at radius 3 is 2.52 bits per heavy atom. The van der Waals surface area contributed by atoms with Gasteiger partial charge >= 0.3 is 0 Å². The van der Waals surface area contributed by atoms with Gasteiger partial charge in [-0.2, -0.15) is 0 Å². The predicted octanol–water partition coefficient (Wildman–Crippen LogP) is 5.52. The maximum Gasteiger partial charge on any atom is 0.252 e. The fourth-order valence-corrected chi connectivity index (χ4v) is 4.23.